The summed E-state index contributed by atoms with van der Waals surface area (Å²) in [5.41, 5.74) is 0.244. The van der Waals surface area contributed by atoms with Gasteiger partial charge in [0.05, 0.1) is 23.9 Å². The molecule has 2 nitrogen and oxygen atoms in total. The fourth-order valence-electron chi connectivity index (χ4n) is 2.64. The van der Waals surface area contributed by atoms with Crippen molar-refractivity contribution < 1.29 is 9.47 Å². The van der Waals surface area contributed by atoms with Gasteiger partial charge in [0.15, 0.2) is 0 Å². The molecule has 1 heterocycles. The SMILES string of the molecule is CC(C)OC(C)C1CCC2(C)OC2C1. The minimum atomic E-state index is 0.244. The number of epoxide rings is 1. The largest absolute Gasteiger partial charge is 0.376 e. The molecule has 0 amide bonds. The second-order valence-electron chi connectivity index (χ2n) is 5.34. The standard InChI is InChI=1S/C12H22O2/c1-8(2)13-9(3)10-5-6-12(4)11(7-10)14-12/h8-11H,5-7H2,1-4H3. The predicted octanol–water partition coefficient (Wildman–Crippen LogP) is 2.76. The summed E-state index contributed by atoms with van der Waals surface area (Å²) < 4.78 is 11.5. The zero-order valence-electron chi connectivity index (χ0n) is 9.75. The summed E-state index contributed by atoms with van der Waals surface area (Å²) in [4.78, 5) is 0. The van der Waals surface area contributed by atoms with Crippen LogP contribution in [0.25, 0.3) is 0 Å². The highest BCUT2D eigenvalue weighted by Gasteiger charge is 2.55. The maximum Gasteiger partial charge on any atom is 0.0920 e. The van der Waals surface area contributed by atoms with Crippen LogP contribution in [0.15, 0.2) is 0 Å². The summed E-state index contributed by atoms with van der Waals surface area (Å²) in [5.74, 6) is 0.706. The first-order valence-electron chi connectivity index (χ1n) is 5.84. The highest BCUT2D eigenvalue weighted by molar-refractivity contribution is 5.04. The molecule has 2 aliphatic rings. The highest BCUT2D eigenvalue weighted by Crippen LogP contribution is 2.50. The van der Waals surface area contributed by atoms with E-state index in [9.17, 15) is 0 Å². The van der Waals surface area contributed by atoms with E-state index in [4.69, 9.17) is 9.47 Å². The Morgan fingerprint density at radius 2 is 2.07 bits per heavy atom. The van der Waals surface area contributed by atoms with E-state index in [0.29, 0.717) is 24.2 Å². The molecule has 0 N–H and O–H groups in total. The van der Waals surface area contributed by atoms with Gasteiger partial charge in [-0.25, -0.2) is 0 Å². The number of hydrogen-bond donors (Lipinski definition) is 0. The summed E-state index contributed by atoms with van der Waals surface area (Å²) in [7, 11) is 0. The van der Waals surface area contributed by atoms with Gasteiger partial charge in [0.1, 0.15) is 0 Å². The molecule has 2 rings (SSSR count). The van der Waals surface area contributed by atoms with Crippen LogP contribution in [-0.4, -0.2) is 23.9 Å². The average Bonchev–Trinajstić information content (AvgIpc) is 2.73. The van der Waals surface area contributed by atoms with Crippen molar-refractivity contribution in [1.29, 1.82) is 0 Å². The molecule has 4 unspecified atom stereocenters. The fraction of sp³-hybridized carbons (Fsp3) is 1.00. The van der Waals surface area contributed by atoms with Crippen LogP contribution in [0, 0.1) is 5.92 Å². The van der Waals surface area contributed by atoms with Gasteiger partial charge in [-0.2, -0.15) is 0 Å². The van der Waals surface area contributed by atoms with Crippen molar-refractivity contribution in [2.45, 2.75) is 70.9 Å². The Balaban J connectivity index is 1.82. The molecule has 82 valence electrons. The topological polar surface area (TPSA) is 21.8 Å². The average molecular weight is 198 g/mol. The van der Waals surface area contributed by atoms with E-state index in [0.717, 1.165) is 0 Å². The van der Waals surface area contributed by atoms with E-state index in [2.05, 4.69) is 27.7 Å². The molecule has 0 aromatic rings. The summed E-state index contributed by atoms with van der Waals surface area (Å²) in [6.45, 7) is 8.66. The van der Waals surface area contributed by atoms with Crippen molar-refractivity contribution in [2.24, 2.45) is 5.92 Å². The lowest BCUT2D eigenvalue weighted by Crippen LogP contribution is -2.31. The second kappa shape index (κ2) is 3.49. The molecule has 1 saturated heterocycles. The third kappa shape index (κ3) is 1.96. The summed E-state index contributed by atoms with van der Waals surface area (Å²) in [6.07, 6.45) is 4.95. The fourth-order valence-corrected chi connectivity index (χ4v) is 2.64. The van der Waals surface area contributed by atoms with E-state index in [1.54, 1.807) is 0 Å². The van der Waals surface area contributed by atoms with Crippen LogP contribution in [-0.2, 0) is 9.47 Å². The van der Waals surface area contributed by atoms with Crippen molar-refractivity contribution in [2.75, 3.05) is 0 Å². The third-order valence-corrected chi connectivity index (χ3v) is 3.71. The Hall–Kier alpha value is -0.0800. The zero-order valence-corrected chi connectivity index (χ0v) is 9.75. The first kappa shape index (κ1) is 10.4. The maximum atomic E-state index is 5.83. The minimum Gasteiger partial charge on any atom is -0.376 e. The van der Waals surface area contributed by atoms with Crippen molar-refractivity contribution >= 4 is 0 Å². The van der Waals surface area contributed by atoms with Gasteiger partial charge in [0, 0.05) is 0 Å². The lowest BCUT2D eigenvalue weighted by molar-refractivity contribution is -0.0234. The van der Waals surface area contributed by atoms with Gasteiger partial charge in [-0.15, -0.1) is 0 Å². The van der Waals surface area contributed by atoms with Crippen LogP contribution >= 0.6 is 0 Å². The van der Waals surface area contributed by atoms with Gasteiger partial charge in [-0.3, -0.25) is 0 Å². The van der Waals surface area contributed by atoms with Gasteiger partial charge in [-0.05, 0) is 52.9 Å². The van der Waals surface area contributed by atoms with Crippen LogP contribution in [0.4, 0.5) is 0 Å². The van der Waals surface area contributed by atoms with Gasteiger partial charge in [0.25, 0.3) is 0 Å². The van der Waals surface area contributed by atoms with Crippen LogP contribution in [0.1, 0.15) is 47.0 Å². The molecule has 0 spiro atoms. The van der Waals surface area contributed by atoms with Crippen LogP contribution in [0.2, 0.25) is 0 Å². The van der Waals surface area contributed by atoms with E-state index in [1.807, 2.05) is 0 Å². The number of hydrogen-bond acceptors (Lipinski definition) is 2. The molecule has 1 aliphatic carbocycles. The van der Waals surface area contributed by atoms with Crippen LogP contribution in [0.5, 0.6) is 0 Å². The normalized spacial score (nSPS) is 43.5. The molecule has 0 bridgehead atoms. The van der Waals surface area contributed by atoms with E-state index in [1.165, 1.54) is 19.3 Å². The highest BCUT2D eigenvalue weighted by atomic mass is 16.6. The zero-order chi connectivity index (χ0) is 10.3. The first-order chi connectivity index (χ1) is 6.51. The third-order valence-electron chi connectivity index (χ3n) is 3.71. The summed E-state index contributed by atoms with van der Waals surface area (Å²) in [5, 5.41) is 0. The molecule has 1 saturated carbocycles. The van der Waals surface area contributed by atoms with Crippen molar-refractivity contribution in [3.8, 4) is 0 Å². The van der Waals surface area contributed by atoms with E-state index < -0.39 is 0 Å². The summed E-state index contributed by atoms with van der Waals surface area (Å²) >= 11 is 0. The monoisotopic (exact) mass is 198 g/mol. The number of rotatable bonds is 3. The molecule has 0 aromatic carbocycles. The lowest BCUT2D eigenvalue weighted by Gasteiger charge is -2.29. The molecular formula is C12H22O2. The maximum absolute atomic E-state index is 5.83. The van der Waals surface area contributed by atoms with Gasteiger partial charge >= 0.3 is 0 Å². The summed E-state index contributed by atoms with van der Waals surface area (Å²) in [6, 6.07) is 0. The van der Waals surface area contributed by atoms with Gasteiger partial charge in [-0.1, -0.05) is 0 Å². The van der Waals surface area contributed by atoms with Crippen molar-refractivity contribution in [3.63, 3.8) is 0 Å². The molecule has 2 fully saturated rings. The Labute approximate surface area is 87.0 Å². The Morgan fingerprint density at radius 3 is 2.64 bits per heavy atom. The molecule has 1 aliphatic heterocycles. The molecule has 0 aromatic heterocycles. The van der Waals surface area contributed by atoms with E-state index in [-0.39, 0.29) is 5.60 Å². The van der Waals surface area contributed by atoms with Crippen molar-refractivity contribution in [1.82, 2.24) is 0 Å². The smallest absolute Gasteiger partial charge is 0.0920 e. The molecule has 2 heteroatoms. The van der Waals surface area contributed by atoms with Crippen LogP contribution < -0.4 is 0 Å². The van der Waals surface area contributed by atoms with Gasteiger partial charge < -0.3 is 9.47 Å². The second-order valence-corrected chi connectivity index (χ2v) is 5.34. The quantitative estimate of drug-likeness (QED) is 0.650. The van der Waals surface area contributed by atoms with Gasteiger partial charge in [0.2, 0.25) is 0 Å². The number of ether oxygens (including phenoxy) is 2. The Morgan fingerprint density at radius 1 is 1.36 bits per heavy atom. The first-order valence-corrected chi connectivity index (χ1v) is 5.84. The molecule has 14 heavy (non-hydrogen) atoms. The molecule has 0 radical (unpaired) electrons. The van der Waals surface area contributed by atoms with Crippen molar-refractivity contribution in [3.05, 3.63) is 0 Å². The minimum absolute atomic E-state index is 0.244. The lowest BCUT2D eigenvalue weighted by atomic mass is 9.80. The predicted molar refractivity (Wildman–Crippen MR) is 56.3 cm³/mol. The molecule has 4 atom stereocenters. The molecular weight excluding hydrogens is 176 g/mol. The Kier molecular flexibility index (Phi) is 2.61. The number of fused-ring (bicyclic) bond motifs is 1. The van der Waals surface area contributed by atoms with Crippen LogP contribution in [0.3, 0.4) is 0 Å². The Bertz CT molecular complexity index is 214. The van der Waals surface area contributed by atoms with E-state index >= 15 is 0 Å².